The summed E-state index contributed by atoms with van der Waals surface area (Å²) in [6.07, 6.45) is 0.218. The standard InChI is InChI=1S/C41H68O13/c1-20(42)26-13-16-41(46)28-10-9-24-17-25(11-14-39(24,5)27(28)12-15-40(26,41)6)52-31-18-29(43)35(22(3)49-31)53-32-19-30(47-7)36(23(4)50-32)54-38-34(45)37(48-8)33(44)21(2)51-38/h9,20-23,25-38,42-46H,10-19H2,1-8H3/t20-,21+,22+,23+,25-,26+,27-,28+,29-,30-,31-,32-,33+,34+,35+,36+,37+,38-,39-,40+,41-/m0/s1. The van der Waals surface area contributed by atoms with Crippen LogP contribution in [0.15, 0.2) is 11.6 Å². The van der Waals surface area contributed by atoms with Crippen molar-refractivity contribution in [2.75, 3.05) is 14.2 Å². The van der Waals surface area contributed by atoms with E-state index in [-0.39, 0.29) is 35.2 Å². The first kappa shape index (κ1) is 41.4. The van der Waals surface area contributed by atoms with Gasteiger partial charge in [0.2, 0.25) is 0 Å². The van der Waals surface area contributed by atoms with Gasteiger partial charge in [0.15, 0.2) is 18.9 Å². The number of fused-ring (bicyclic) bond motifs is 5. The van der Waals surface area contributed by atoms with E-state index in [0.717, 1.165) is 51.4 Å². The molecule has 0 unspecified atom stereocenters. The van der Waals surface area contributed by atoms with Crippen LogP contribution >= 0.6 is 0 Å². The molecule has 3 saturated heterocycles. The molecule has 0 spiro atoms. The Labute approximate surface area is 320 Å². The van der Waals surface area contributed by atoms with Gasteiger partial charge in [-0.1, -0.05) is 25.5 Å². The molecule has 7 aliphatic rings. The molecule has 21 atom stereocenters. The van der Waals surface area contributed by atoms with E-state index in [1.54, 1.807) is 14.0 Å². The van der Waals surface area contributed by atoms with Crippen LogP contribution < -0.4 is 0 Å². The van der Waals surface area contributed by atoms with Crippen molar-refractivity contribution in [2.24, 2.45) is 28.6 Å². The normalized spacial score (nSPS) is 54.2. The van der Waals surface area contributed by atoms with Crippen molar-refractivity contribution < 1.29 is 63.4 Å². The molecule has 4 aliphatic carbocycles. The highest BCUT2D eigenvalue weighted by Crippen LogP contribution is 2.68. The van der Waals surface area contributed by atoms with E-state index < -0.39 is 91.6 Å². The average molecular weight is 769 g/mol. The van der Waals surface area contributed by atoms with Gasteiger partial charge < -0.3 is 63.4 Å². The van der Waals surface area contributed by atoms with Gasteiger partial charge in [-0.2, -0.15) is 0 Å². The van der Waals surface area contributed by atoms with Crippen LogP contribution in [0.3, 0.4) is 0 Å². The largest absolute Gasteiger partial charge is 0.393 e. The fraction of sp³-hybridized carbons (Fsp3) is 0.951. The topological polar surface area (TPSA) is 175 Å². The third-order valence-electron chi connectivity index (χ3n) is 15.5. The Bertz CT molecular complexity index is 1320. The molecule has 6 fully saturated rings. The summed E-state index contributed by atoms with van der Waals surface area (Å²) in [5, 5.41) is 55.5. The predicted molar refractivity (Wildman–Crippen MR) is 195 cm³/mol. The summed E-state index contributed by atoms with van der Waals surface area (Å²) in [6.45, 7) is 11.9. The minimum absolute atomic E-state index is 0.0135. The monoisotopic (exact) mass is 768 g/mol. The van der Waals surface area contributed by atoms with E-state index >= 15 is 0 Å². The second kappa shape index (κ2) is 15.8. The number of allylic oxidation sites excluding steroid dienone is 1. The van der Waals surface area contributed by atoms with Crippen molar-refractivity contribution in [3.05, 3.63) is 11.6 Å². The molecule has 0 aromatic heterocycles. The SMILES string of the molecule is CO[C@H]1[C@@H](O)[C@H](O[C@H]2[C@@H](OC)C[C@H](O[C@H]3[C@@H](O)C[C@H](O[C@H]4CC[C@@]5(C)C(=CC[C@@H]6[C@@H]5CC[C@]5(C)[C@@H]([C@H](C)O)CC[C@]65O)C4)O[C@@H]3C)O[C@@H]2C)O[C@H](C)[C@H]1O. The van der Waals surface area contributed by atoms with Crippen molar-refractivity contribution >= 4 is 0 Å². The summed E-state index contributed by atoms with van der Waals surface area (Å²) < 4.78 is 48.6. The van der Waals surface area contributed by atoms with Crippen LogP contribution in [0.4, 0.5) is 0 Å². The zero-order chi connectivity index (χ0) is 38.9. The zero-order valence-electron chi connectivity index (χ0n) is 33.5. The molecule has 54 heavy (non-hydrogen) atoms. The first-order valence-electron chi connectivity index (χ1n) is 20.7. The Kier molecular flexibility index (Phi) is 12.1. The summed E-state index contributed by atoms with van der Waals surface area (Å²) in [5.74, 6) is 0.753. The molecule has 7 rings (SSSR count). The Morgan fingerprint density at radius 3 is 2.13 bits per heavy atom. The van der Waals surface area contributed by atoms with Gasteiger partial charge in [-0.05, 0) is 102 Å². The first-order chi connectivity index (χ1) is 25.5. The second-order valence-corrected chi connectivity index (χ2v) is 18.3. The van der Waals surface area contributed by atoms with Crippen LogP contribution in [-0.2, 0) is 37.9 Å². The molecule has 5 N–H and O–H groups in total. The number of aliphatic hydroxyl groups is 5. The van der Waals surface area contributed by atoms with Gasteiger partial charge in [0.25, 0.3) is 0 Å². The lowest BCUT2D eigenvalue weighted by atomic mass is 9.45. The number of aliphatic hydroxyl groups excluding tert-OH is 4. The third kappa shape index (κ3) is 7.06. The number of hydrogen-bond acceptors (Lipinski definition) is 13. The van der Waals surface area contributed by atoms with Gasteiger partial charge in [-0.3, -0.25) is 0 Å². The summed E-state index contributed by atoms with van der Waals surface area (Å²) >= 11 is 0. The van der Waals surface area contributed by atoms with Crippen molar-refractivity contribution in [3.8, 4) is 0 Å². The van der Waals surface area contributed by atoms with Crippen molar-refractivity contribution in [1.82, 2.24) is 0 Å². The van der Waals surface area contributed by atoms with E-state index in [2.05, 4.69) is 19.9 Å². The molecule has 0 amide bonds. The first-order valence-corrected chi connectivity index (χ1v) is 20.7. The van der Waals surface area contributed by atoms with E-state index in [9.17, 15) is 25.5 Å². The third-order valence-corrected chi connectivity index (χ3v) is 15.5. The molecular formula is C41H68O13. The number of hydrogen-bond donors (Lipinski definition) is 5. The van der Waals surface area contributed by atoms with E-state index in [1.807, 2.05) is 20.8 Å². The fourth-order valence-electron chi connectivity index (χ4n) is 12.3. The predicted octanol–water partition coefficient (Wildman–Crippen LogP) is 3.34. The van der Waals surface area contributed by atoms with Crippen LogP contribution in [0, 0.1) is 28.6 Å². The number of methoxy groups -OCH3 is 2. The molecule has 3 saturated carbocycles. The average Bonchev–Trinajstić information content (AvgIpc) is 3.41. The molecule has 3 aliphatic heterocycles. The van der Waals surface area contributed by atoms with E-state index in [1.165, 1.54) is 12.7 Å². The van der Waals surface area contributed by atoms with Gasteiger partial charge in [-0.15, -0.1) is 0 Å². The van der Waals surface area contributed by atoms with Gasteiger partial charge >= 0.3 is 0 Å². The van der Waals surface area contributed by atoms with Gasteiger partial charge in [-0.25, -0.2) is 0 Å². The van der Waals surface area contributed by atoms with Crippen molar-refractivity contribution in [2.45, 2.75) is 203 Å². The Morgan fingerprint density at radius 1 is 0.759 bits per heavy atom. The molecule has 0 aromatic carbocycles. The molecule has 0 bridgehead atoms. The van der Waals surface area contributed by atoms with E-state index in [4.69, 9.17) is 37.9 Å². The summed E-state index contributed by atoms with van der Waals surface area (Å²) in [6, 6.07) is 0. The lowest BCUT2D eigenvalue weighted by Crippen LogP contribution is -2.61. The maximum absolute atomic E-state index is 12.3. The Morgan fingerprint density at radius 2 is 1.46 bits per heavy atom. The lowest BCUT2D eigenvalue weighted by molar-refractivity contribution is -0.351. The molecular weight excluding hydrogens is 700 g/mol. The van der Waals surface area contributed by atoms with Crippen LogP contribution in [0.5, 0.6) is 0 Å². The summed E-state index contributed by atoms with van der Waals surface area (Å²) in [5.41, 5.74) is 0.444. The second-order valence-electron chi connectivity index (χ2n) is 18.3. The zero-order valence-corrected chi connectivity index (χ0v) is 33.5. The smallest absolute Gasteiger partial charge is 0.187 e. The Hall–Kier alpha value is -0.780. The van der Waals surface area contributed by atoms with Crippen molar-refractivity contribution in [3.63, 3.8) is 0 Å². The molecule has 13 heteroatoms. The van der Waals surface area contributed by atoms with E-state index in [0.29, 0.717) is 12.3 Å². The van der Waals surface area contributed by atoms with Gasteiger partial charge in [0.05, 0.1) is 48.3 Å². The van der Waals surface area contributed by atoms with Gasteiger partial charge in [0.1, 0.15) is 30.5 Å². The summed E-state index contributed by atoms with van der Waals surface area (Å²) in [4.78, 5) is 0. The molecule has 0 radical (unpaired) electrons. The highest BCUT2D eigenvalue weighted by Gasteiger charge is 2.67. The quantitative estimate of drug-likeness (QED) is 0.216. The van der Waals surface area contributed by atoms with Crippen LogP contribution in [0.2, 0.25) is 0 Å². The summed E-state index contributed by atoms with van der Waals surface area (Å²) in [7, 11) is 3.00. The highest BCUT2D eigenvalue weighted by molar-refractivity contribution is 5.28. The van der Waals surface area contributed by atoms with Gasteiger partial charge in [0, 0.05) is 32.5 Å². The molecule has 13 nitrogen and oxygen atoms in total. The van der Waals surface area contributed by atoms with Crippen molar-refractivity contribution in [1.29, 1.82) is 0 Å². The molecule has 310 valence electrons. The van der Waals surface area contributed by atoms with Crippen LogP contribution in [0.25, 0.3) is 0 Å². The minimum atomic E-state index is -1.21. The molecule has 3 heterocycles. The maximum atomic E-state index is 12.3. The number of rotatable bonds is 9. The highest BCUT2D eigenvalue weighted by atomic mass is 16.7. The minimum Gasteiger partial charge on any atom is -0.393 e. The number of ether oxygens (including phenoxy) is 8. The van der Waals surface area contributed by atoms with Crippen LogP contribution in [0.1, 0.15) is 106 Å². The molecule has 0 aromatic rings. The fourth-order valence-corrected chi connectivity index (χ4v) is 12.3. The maximum Gasteiger partial charge on any atom is 0.187 e. The lowest BCUT2D eigenvalue weighted by Gasteiger charge is -2.61. The van der Waals surface area contributed by atoms with Crippen LogP contribution in [-0.4, -0.2) is 137 Å². The Balaban J connectivity index is 0.924.